The van der Waals surface area contributed by atoms with Crippen LogP contribution >= 0.6 is 0 Å². The van der Waals surface area contributed by atoms with Gasteiger partial charge in [-0.2, -0.15) is 0 Å². The van der Waals surface area contributed by atoms with Gasteiger partial charge in [-0.05, 0) is 6.92 Å². The summed E-state index contributed by atoms with van der Waals surface area (Å²) in [6, 6.07) is 1.16. The van der Waals surface area contributed by atoms with Crippen molar-refractivity contribution in [1.29, 1.82) is 0 Å². The molecule has 3 aromatic heterocycles. The highest BCUT2D eigenvalue weighted by Crippen LogP contribution is 2.22. The number of aromatic nitrogens is 6. The number of fused-ring (bicyclic) bond motifs is 2. The first kappa shape index (κ1) is 17.8. The van der Waals surface area contributed by atoms with Crippen LogP contribution in [-0.2, 0) is 0 Å². The van der Waals surface area contributed by atoms with E-state index in [1.165, 1.54) is 22.3 Å². The van der Waals surface area contributed by atoms with E-state index < -0.39 is 23.2 Å². The van der Waals surface area contributed by atoms with Crippen molar-refractivity contribution < 1.29 is 8.78 Å². The minimum atomic E-state index is -0.954. The summed E-state index contributed by atoms with van der Waals surface area (Å²) in [6.07, 6.45) is 2.86. The second kappa shape index (κ2) is 6.51. The van der Waals surface area contributed by atoms with Crippen LogP contribution in [0.4, 0.5) is 14.6 Å². The number of H-pyrrole nitrogens is 1. The van der Waals surface area contributed by atoms with E-state index >= 15 is 0 Å². The number of imidazole rings is 1. The van der Waals surface area contributed by atoms with E-state index in [4.69, 9.17) is 0 Å². The quantitative estimate of drug-likeness (QED) is 0.550. The zero-order valence-electron chi connectivity index (χ0n) is 15.2. The van der Waals surface area contributed by atoms with Crippen LogP contribution in [0.25, 0.3) is 22.1 Å². The van der Waals surface area contributed by atoms with Crippen LogP contribution in [0.15, 0.2) is 29.6 Å². The number of hydrogen-bond acceptors (Lipinski definition) is 7. The topological polar surface area (TPSA) is 105 Å². The Morgan fingerprint density at radius 3 is 2.75 bits per heavy atom. The molecule has 0 bridgehead atoms. The second-order valence-electron chi connectivity index (χ2n) is 6.40. The van der Waals surface area contributed by atoms with Gasteiger partial charge in [-0.25, -0.2) is 33.4 Å². The zero-order valence-corrected chi connectivity index (χ0v) is 15.2. The van der Waals surface area contributed by atoms with Crippen molar-refractivity contribution in [2.45, 2.75) is 13.0 Å². The van der Waals surface area contributed by atoms with Gasteiger partial charge in [0.15, 0.2) is 17.3 Å². The summed E-state index contributed by atoms with van der Waals surface area (Å²) in [5, 5.41) is 4.34. The molecule has 11 heteroatoms. The van der Waals surface area contributed by atoms with E-state index in [-0.39, 0.29) is 16.7 Å². The van der Waals surface area contributed by atoms with Gasteiger partial charge in [0, 0.05) is 26.2 Å². The molecule has 4 aromatic rings. The Morgan fingerprint density at radius 1 is 1.21 bits per heavy atom. The molecule has 0 fully saturated rings. The summed E-state index contributed by atoms with van der Waals surface area (Å²) in [4.78, 5) is 32.6. The molecule has 4 rings (SSSR count). The molecular weight excluding hydrogens is 370 g/mol. The van der Waals surface area contributed by atoms with Crippen molar-refractivity contribution in [2.75, 3.05) is 24.4 Å². The highest BCUT2D eigenvalue weighted by atomic mass is 19.1. The number of nitrogens with one attached hydrogen (secondary N) is 2. The highest BCUT2D eigenvalue weighted by Gasteiger charge is 2.21. The molecule has 0 spiro atoms. The molecule has 2 N–H and O–H groups in total. The van der Waals surface area contributed by atoms with Crippen molar-refractivity contribution >= 4 is 27.9 Å². The summed E-state index contributed by atoms with van der Waals surface area (Å²) in [7, 11) is 3.26. The number of hydrogen-bond donors (Lipinski definition) is 2. The average Bonchev–Trinajstić information content (AvgIpc) is 3.10. The van der Waals surface area contributed by atoms with E-state index in [1.54, 1.807) is 21.0 Å². The molecular formula is C17H16F2N8O. The Morgan fingerprint density at radius 2 is 2.00 bits per heavy atom. The third-order valence-electron chi connectivity index (χ3n) is 4.25. The summed E-state index contributed by atoms with van der Waals surface area (Å²) < 4.78 is 29.1. The van der Waals surface area contributed by atoms with Gasteiger partial charge in [0.1, 0.15) is 28.9 Å². The van der Waals surface area contributed by atoms with Crippen LogP contribution in [0.5, 0.6) is 0 Å². The lowest BCUT2D eigenvalue weighted by Gasteiger charge is -2.24. The molecule has 0 radical (unpaired) electrons. The Hall–Kier alpha value is -3.63. The average molecular weight is 386 g/mol. The van der Waals surface area contributed by atoms with Crippen molar-refractivity contribution in [3.8, 4) is 0 Å². The van der Waals surface area contributed by atoms with Crippen LogP contribution in [0.3, 0.4) is 0 Å². The van der Waals surface area contributed by atoms with Gasteiger partial charge in [0.05, 0.1) is 17.9 Å². The highest BCUT2D eigenvalue weighted by molar-refractivity contribution is 5.82. The maximum absolute atomic E-state index is 14.2. The SMILES string of the molecule is C[C@H](Nc1ncnc2[nH]cnc12)c1nc2cc(F)cc(F)c2c(=O)n1N(C)C. The van der Waals surface area contributed by atoms with Crippen LogP contribution < -0.4 is 15.9 Å². The minimum absolute atomic E-state index is 0.0585. The molecule has 0 unspecified atom stereocenters. The number of anilines is 1. The van der Waals surface area contributed by atoms with Crippen LogP contribution in [0.2, 0.25) is 0 Å². The monoisotopic (exact) mass is 386 g/mol. The number of halogens is 2. The third kappa shape index (κ3) is 2.80. The van der Waals surface area contributed by atoms with Gasteiger partial charge in [-0.3, -0.25) is 4.79 Å². The zero-order chi connectivity index (χ0) is 20.0. The summed E-state index contributed by atoms with van der Waals surface area (Å²) >= 11 is 0. The number of benzene rings is 1. The van der Waals surface area contributed by atoms with Gasteiger partial charge in [0.25, 0.3) is 5.56 Å². The number of nitrogens with zero attached hydrogens (tertiary/aromatic N) is 6. The Kier molecular flexibility index (Phi) is 4.13. The van der Waals surface area contributed by atoms with Gasteiger partial charge < -0.3 is 15.3 Å². The van der Waals surface area contributed by atoms with Gasteiger partial charge in [0.2, 0.25) is 0 Å². The fraction of sp³-hybridized carbons (Fsp3) is 0.235. The summed E-state index contributed by atoms with van der Waals surface area (Å²) in [5.74, 6) is -1.07. The predicted molar refractivity (Wildman–Crippen MR) is 99.7 cm³/mol. The maximum Gasteiger partial charge on any atom is 0.283 e. The smallest absolute Gasteiger partial charge is 0.283 e. The first-order chi connectivity index (χ1) is 13.4. The molecule has 0 aliphatic heterocycles. The molecule has 0 amide bonds. The molecule has 144 valence electrons. The van der Waals surface area contributed by atoms with E-state index in [9.17, 15) is 13.6 Å². The van der Waals surface area contributed by atoms with Crippen LogP contribution in [0, 0.1) is 11.6 Å². The fourth-order valence-corrected chi connectivity index (χ4v) is 3.05. The standard InChI is InChI=1S/C17H16F2N8O/c1-8(24-15-13-14(21-6-20-13)22-7-23-15)16-25-11-5-9(18)4-10(19)12(11)17(28)27(16)26(2)3/h4-8H,1-3H3,(H2,20,21,22,23,24)/t8-/m0/s1. The van der Waals surface area contributed by atoms with Crippen LogP contribution in [-0.4, -0.2) is 43.7 Å². The van der Waals surface area contributed by atoms with E-state index in [0.717, 1.165) is 6.07 Å². The predicted octanol–water partition coefficient (Wildman–Crippen LogP) is 1.71. The van der Waals surface area contributed by atoms with Gasteiger partial charge in [-0.15, -0.1) is 0 Å². The molecule has 3 heterocycles. The molecule has 0 aliphatic rings. The van der Waals surface area contributed by atoms with Crippen molar-refractivity contribution in [3.63, 3.8) is 0 Å². The van der Waals surface area contributed by atoms with Crippen LogP contribution in [0.1, 0.15) is 18.8 Å². The van der Waals surface area contributed by atoms with Crippen molar-refractivity contribution in [2.24, 2.45) is 0 Å². The Bertz CT molecular complexity index is 1250. The lowest BCUT2D eigenvalue weighted by atomic mass is 10.2. The molecule has 0 saturated carbocycles. The first-order valence-corrected chi connectivity index (χ1v) is 8.36. The molecule has 0 saturated heterocycles. The lowest BCUT2D eigenvalue weighted by Crippen LogP contribution is -2.41. The molecule has 28 heavy (non-hydrogen) atoms. The maximum atomic E-state index is 14.2. The first-order valence-electron chi connectivity index (χ1n) is 8.36. The van der Waals surface area contributed by atoms with Gasteiger partial charge in [-0.1, -0.05) is 0 Å². The molecule has 1 aromatic carbocycles. The number of aromatic amines is 1. The van der Waals surface area contributed by atoms with Gasteiger partial charge >= 0.3 is 0 Å². The minimum Gasteiger partial charge on any atom is -0.358 e. The Labute approximate surface area is 157 Å². The normalized spacial score (nSPS) is 12.5. The largest absolute Gasteiger partial charge is 0.358 e. The summed E-state index contributed by atoms with van der Waals surface area (Å²) in [5.41, 5.74) is 0.372. The van der Waals surface area contributed by atoms with Crippen molar-refractivity contribution in [1.82, 2.24) is 29.6 Å². The van der Waals surface area contributed by atoms with E-state index in [0.29, 0.717) is 23.0 Å². The fourth-order valence-electron chi connectivity index (χ4n) is 3.05. The number of rotatable bonds is 4. The van der Waals surface area contributed by atoms with E-state index in [1.807, 2.05) is 0 Å². The molecule has 0 aliphatic carbocycles. The third-order valence-corrected chi connectivity index (χ3v) is 4.25. The van der Waals surface area contributed by atoms with E-state index in [2.05, 4.69) is 30.2 Å². The Balaban J connectivity index is 1.88. The molecule has 1 atom stereocenters. The lowest BCUT2D eigenvalue weighted by molar-refractivity contribution is 0.579. The summed E-state index contributed by atoms with van der Waals surface area (Å²) in [6.45, 7) is 1.75. The van der Waals surface area contributed by atoms with Crippen molar-refractivity contribution in [3.05, 3.63) is 52.6 Å². The molecule has 9 nitrogen and oxygen atoms in total. The second-order valence-corrected chi connectivity index (χ2v) is 6.40.